The van der Waals surface area contributed by atoms with Crippen LogP contribution in [0.2, 0.25) is 0 Å². The highest BCUT2D eigenvalue weighted by Crippen LogP contribution is 2.69. The predicted molar refractivity (Wildman–Crippen MR) is 155 cm³/mol. The highest BCUT2D eigenvalue weighted by atomic mass is 16.7. The molecule has 1 spiro atoms. The van der Waals surface area contributed by atoms with Crippen LogP contribution in [0.3, 0.4) is 0 Å². The molecule has 1 aromatic heterocycles. The first-order chi connectivity index (χ1) is 21.7. The van der Waals surface area contributed by atoms with Gasteiger partial charge in [0, 0.05) is 34.1 Å². The van der Waals surface area contributed by atoms with Gasteiger partial charge in [-0.1, -0.05) is 13.8 Å². The summed E-state index contributed by atoms with van der Waals surface area (Å²) in [6.07, 6.45) is -6.06. The van der Waals surface area contributed by atoms with Gasteiger partial charge in [0.25, 0.3) is 0 Å². The molecule has 3 aliphatic rings. The van der Waals surface area contributed by atoms with Gasteiger partial charge in [0.05, 0.1) is 34.9 Å². The van der Waals surface area contributed by atoms with Gasteiger partial charge in [0.1, 0.15) is 36.6 Å². The Bertz CT molecular complexity index is 1410. The molecule has 2 saturated carbocycles. The molecular formula is C32H42O15. The number of esters is 6. The Labute approximate surface area is 271 Å². The van der Waals surface area contributed by atoms with Crippen LogP contribution in [0, 0.1) is 17.3 Å². The van der Waals surface area contributed by atoms with E-state index in [1.54, 1.807) is 27.7 Å². The zero-order valence-electron chi connectivity index (χ0n) is 27.9. The van der Waals surface area contributed by atoms with Gasteiger partial charge in [-0.15, -0.1) is 0 Å². The molecule has 9 atom stereocenters. The molecule has 2 heterocycles. The minimum Gasteiger partial charge on any atom is -0.472 e. The van der Waals surface area contributed by atoms with Gasteiger partial charge in [-0.25, -0.2) is 4.79 Å². The summed E-state index contributed by atoms with van der Waals surface area (Å²) in [5, 5.41) is 12.6. The summed E-state index contributed by atoms with van der Waals surface area (Å²) in [4.78, 5) is 77.7. The Balaban J connectivity index is 2.14. The molecule has 1 aromatic rings. The Morgan fingerprint density at radius 1 is 0.851 bits per heavy atom. The lowest BCUT2D eigenvalue weighted by Crippen LogP contribution is -2.85. The second-order valence-corrected chi connectivity index (χ2v) is 13.4. The number of fused-ring (bicyclic) bond motifs is 1. The van der Waals surface area contributed by atoms with E-state index in [0.717, 1.165) is 34.0 Å². The van der Waals surface area contributed by atoms with E-state index >= 15 is 0 Å². The van der Waals surface area contributed by atoms with Gasteiger partial charge in [0.15, 0.2) is 17.8 Å². The van der Waals surface area contributed by atoms with E-state index in [-0.39, 0.29) is 5.56 Å². The first-order valence-corrected chi connectivity index (χ1v) is 15.2. The molecular weight excluding hydrogens is 624 g/mol. The van der Waals surface area contributed by atoms with Crippen LogP contribution in [-0.4, -0.2) is 94.9 Å². The minimum atomic E-state index is -2.26. The van der Waals surface area contributed by atoms with Crippen LogP contribution in [0.25, 0.3) is 0 Å². The molecule has 47 heavy (non-hydrogen) atoms. The normalized spacial score (nSPS) is 35.2. The molecule has 1 N–H and O–H groups in total. The van der Waals surface area contributed by atoms with E-state index in [1.807, 2.05) is 0 Å². The quantitative estimate of drug-likeness (QED) is 0.296. The average Bonchev–Trinajstić information content (AvgIpc) is 3.52. The molecule has 0 amide bonds. The summed E-state index contributed by atoms with van der Waals surface area (Å²) in [5.74, 6) is -6.89. The third-order valence-electron chi connectivity index (χ3n) is 9.17. The van der Waals surface area contributed by atoms with Crippen LogP contribution in [0.1, 0.15) is 79.1 Å². The van der Waals surface area contributed by atoms with E-state index in [1.165, 1.54) is 19.3 Å². The summed E-state index contributed by atoms with van der Waals surface area (Å²) in [5.41, 5.74) is -8.08. The molecule has 15 heteroatoms. The van der Waals surface area contributed by atoms with Crippen molar-refractivity contribution in [3.05, 3.63) is 24.2 Å². The van der Waals surface area contributed by atoms with Crippen LogP contribution in [0.15, 0.2) is 23.0 Å². The van der Waals surface area contributed by atoms with E-state index in [4.69, 9.17) is 37.6 Å². The van der Waals surface area contributed by atoms with Crippen molar-refractivity contribution in [1.82, 2.24) is 0 Å². The topological polar surface area (TPSA) is 200 Å². The Morgan fingerprint density at radius 3 is 1.91 bits per heavy atom. The van der Waals surface area contributed by atoms with Crippen LogP contribution in [0.5, 0.6) is 0 Å². The third-order valence-corrected chi connectivity index (χ3v) is 9.17. The molecule has 260 valence electrons. The largest absolute Gasteiger partial charge is 0.472 e. The first-order valence-electron chi connectivity index (χ1n) is 15.2. The molecule has 0 aromatic carbocycles. The molecule has 2 aliphatic carbocycles. The maximum Gasteiger partial charge on any atom is 0.341 e. The van der Waals surface area contributed by atoms with E-state index in [0.29, 0.717) is 0 Å². The molecule has 3 fully saturated rings. The number of hydrogen-bond donors (Lipinski definition) is 1. The van der Waals surface area contributed by atoms with Gasteiger partial charge in [-0.3, -0.25) is 24.0 Å². The van der Waals surface area contributed by atoms with Crippen molar-refractivity contribution in [3.8, 4) is 0 Å². The fraction of sp³-hybridized carbons (Fsp3) is 0.688. The van der Waals surface area contributed by atoms with E-state index in [9.17, 15) is 33.9 Å². The summed E-state index contributed by atoms with van der Waals surface area (Å²) >= 11 is 0. The Kier molecular flexibility index (Phi) is 9.59. The SMILES string of the molecule is CC(=O)OC1C2C(OC(C)=O)C3(OC2(C)C)C(C)(O)CC(OC(=O)c2ccoc2)C(OC(C)=O)C3(COC(=O)C(C)C)C1OC(C)=O. The Hall–Kier alpha value is -3.98. The maximum absolute atomic E-state index is 13.3. The summed E-state index contributed by atoms with van der Waals surface area (Å²) < 4.78 is 47.1. The molecule has 2 bridgehead atoms. The first kappa shape index (κ1) is 35.9. The lowest BCUT2D eigenvalue weighted by Gasteiger charge is -2.66. The fourth-order valence-electron chi connectivity index (χ4n) is 7.74. The van der Waals surface area contributed by atoms with Gasteiger partial charge < -0.3 is 42.7 Å². The highest BCUT2D eigenvalue weighted by molar-refractivity contribution is 5.89. The summed E-state index contributed by atoms with van der Waals surface area (Å²) in [6.45, 7) is 11.2. The predicted octanol–water partition coefficient (Wildman–Crippen LogP) is 2.05. The lowest BCUT2D eigenvalue weighted by atomic mass is 9.45. The molecule has 9 unspecified atom stereocenters. The Morgan fingerprint density at radius 2 is 1.40 bits per heavy atom. The van der Waals surface area contributed by atoms with Crippen LogP contribution < -0.4 is 0 Å². The van der Waals surface area contributed by atoms with E-state index in [2.05, 4.69) is 0 Å². The monoisotopic (exact) mass is 666 g/mol. The van der Waals surface area contributed by atoms with Gasteiger partial charge in [-0.05, 0) is 26.8 Å². The lowest BCUT2D eigenvalue weighted by molar-refractivity contribution is -0.363. The summed E-state index contributed by atoms with van der Waals surface area (Å²) in [6, 6.07) is 1.33. The highest BCUT2D eigenvalue weighted by Gasteiger charge is 2.89. The second kappa shape index (κ2) is 12.6. The van der Waals surface area contributed by atoms with Gasteiger partial charge >= 0.3 is 35.8 Å². The number of aliphatic hydroxyl groups is 1. The van der Waals surface area contributed by atoms with Crippen molar-refractivity contribution < 1.29 is 71.4 Å². The zero-order chi connectivity index (χ0) is 35.3. The standard InChI is InChI=1S/C32H42O15/c1-15(2)27(37)41-14-31-24(43-17(4)34)21(46-28(38)20-10-11-40-13-20)12-30(9,39)32(31)25(44-18(5)35)22(29(7,8)47-32)23(42-16(3)33)26(31)45-19(6)36/h10-11,13,15,21-26,39H,12,14H2,1-9H3. The third kappa shape index (κ3) is 5.99. The number of ether oxygens (including phenoxy) is 7. The fourth-order valence-corrected chi connectivity index (χ4v) is 7.74. The maximum atomic E-state index is 13.3. The van der Waals surface area contributed by atoms with Crippen molar-refractivity contribution >= 4 is 35.8 Å². The number of hydrogen-bond acceptors (Lipinski definition) is 15. The molecule has 0 radical (unpaired) electrons. The van der Waals surface area contributed by atoms with Crippen LogP contribution >= 0.6 is 0 Å². The van der Waals surface area contributed by atoms with Crippen LogP contribution in [-0.2, 0) is 57.1 Å². The number of carbonyl (C=O) groups excluding carboxylic acids is 6. The van der Waals surface area contributed by atoms with Crippen molar-refractivity contribution in [1.29, 1.82) is 0 Å². The summed E-state index contributed by atoms with van der Waals surface area (Å²) in [7, 11) is 0. The number of rotatable bonds is 9. The van der Waals surface area contributed by atoms with Crippen LogP contribution in [0.4, 0.5) is 0 Å². The molecule has 15 nitrogen and oxygen atoms in total. The van der Waals surface area contributed by atoms with Crippen molar-refractivity contribution in [3.63, 3.8) is 0 Å². The average molecular weight is 667 g/mol. The molecule has 1 saturated heterocycles. The minimum absolute atomic E-state index is 0.0131. The second-order valence-electron chi connectivity index (χ2n) is 13.4. The molecule has 1 aliphatic heterocycles. The number of carbonyl (C=O) groups is 6. The van der Waals surface area contributed by atoms with Gasteiger partial charge in [-0.2, -0.15) is 0 Å². The zero-order valence-corrected chi connectivity index (χ0v) is 27.9. The van der Waals surface area contributed by atoms with E-state index < -0.39 is 113 Å². The van der Waals surface area contributed by atoms with Crippen molar-refractivity contribution in [2.45, 2.75) is 116 Å². The number of furan rings is 1. The smallest absolute Gasteiger partial charge is 0.341 e. The van der Waals surface area contributed by atoms with Crippen molar-refractivity contribution in [2.75, 3.05) is 6.61 Å². The van der Waals surface area contributed by atoms with Gasteiger partial charge in [0.2, 0.25) is 0 Å². The van der Waals surface area contributed by atoms with Crippen molar-refractivity contribution in [2.24, 2.45) is 17.3 Å². The molecule has 4 rings (SSSR count).